The Bertz CT molecular complexity index is 1870. The molecule has 0 bridgehead atoms. The predicted octanol–water partition coefficient (Wildman–Crippen LogP) is 6.94. The van der Waals surface area contributed by atoms with Gasteiger partial charge in [0.05, 0.1) is 26.0 Å². The van der Waals surface area contributed by atoms with Gasteiger partial charge in [-0.15, -0.1) is 0 Å². The molecule has 1 atom stereocenters. The van der Waals surface area contributed by atoms with Gasteiger partial charge in [0.1, 0.15) is 18.4 Å². The molecule has 0 saturated carbocycles. The van der Waals surface area contributed by atoms with Crippen LogP contribution in [0.25, 0.3) is 6.08 Å². The lowest BCUT2D eigenvalue weighted by atomic mass is 9.96. The lowest BCUT2D eigenvalue weighted by Crippen LogP contribution is -2.40. The normalized spacial score (nSPS) is 15.0. The van der Waals surface area contributed by atoms with E-state index in [2.05, 4.69) is 27.6 Å². The first-order valence-corrected chi connectivity index (χ1v) is 15.5. The molecule has 6 nitrogen and oxygen atoms in total. The van der Waals surface area contributed by atoms with Crippen molar-refractivity contribution >= 4 is 80.8 Å². The van der Waals surface area contributed by atoms with Crippen LogP contribution in [0.3, 0.4) is 0 Å². The van der Waals surface area contributed by atoms with Crippen LogP contribution >= 0.6 is 68.7 Å². The van der Waals surface area contributed by atoms with E-state index in [9.17, 15) is 9.59 Å². The van der Waals surface area contributed by atoms with Gasteiger partial charge < -0.3 is 9.47 Å². The Hall–Kier alpha value is -2.63. The van der Waals surface area contributed by atoms with Crippen molar-refractivity contribution in [3.63, 3.8) is 0 Å². The molecule has 0 saturated heterocycles. The summed E-state index contributed by atoms with van der Waals surface area (Å²) in [6.45, 7) is 3.94. The zero-order valence-corrected chi connectivity index (χ0v) is 27.0. The summed E-state index contributed by atoms with van der Waals surface area (Å²) < 4.78 is 14.2. The van der Waals surface area contributed by atoms with Crippen molar-refractivity contribution in [1.29, 1.82) is 0 Å². The molecule has 0 radical (unpaired) electrons. The number of carbonyl (C=O) groups is 1. The summed E-state index contributed by atoms with van der Waals surface area (Å²) in [7, 11) is 0. The summed E-state index contributed by atoms with van der Waals surface area (Å²) in [6, 6.07) is 17.3. The minimum absolute atomic E-state index is 0.182. The average molecular weight is 740 g/mol. The van der Waals surface area contributed by atoms with Gasteiger partial charge in [0.15, 0.2) is 4.80 Å². The second-order valence-electron chi connectivity index (χ2n) is 9.04. The molecule has 210 valence electrons. The highest BCUT2D eigenvalue weighted by molar-refractivity contribution is 14.1. The third-order valence-electron chi connectivity index (χ3n) is 6.34. The summed E-state index contributed by atoms with van der Waals surface area (Å²) in [5.74, 6) is 0.0389. The zero-order valence-electron chi connectivity index (χ0n) is 21.8. The van der Waals surface area contributed by atoms with Crippen LogP contribution in [-0.2, 0) is 16.1 Å². The van der Waals surface area contributed by atoms with Crippen molar-refractivity contribution in [2.75, 3.05) is 6.61 Å². The molecule has 0 fully saturated rings. The van der Waals surface area contributed by atoms with Crippen molar-refractivity contribution < 1.29 is 14.3 Å². The van der Waals surface area contributed by atoms with Crippen molar-refractivity contribution in [3.05, 3.63) is 127 Å². The minimum atomic E-state index is -0.804. The maximum absolute atomic E-state index is 14.0. The molecular weight excluding hydrogens is 718 g/mol. The van der Waals surface area contributed by atoms with Gasteiger partial charge in [-0.2, -0.15) is 0 Å². The molecule has 0 N–H and O–H groups in total. The molecule has 11 heteroatoms. The first kappa shape index (κ1) is 29.8. The number of aromatic nitrogens is 1. The minimum Gasteiger partial charge on any atom is -0.487 e. The summed E-state index contributed by atoms with van der Waals surface area (Å²) >= 11 is 22.4. The fourth-order valence-corrected chi connectivity index (χ4v) is 7.12. The van der Waals surface area contributed by atoms with Crippen LogP contribution in [0, 0.1) is 3.57 Å². The second kappa shape index (κ2) is 12.7. The molecule has 41 heavy (non-hydrogen) atoms. The Morgan fingerprint density at radius 2 is 1.83 bits per heavy atom. The molecule has 2 heterocycles. The van der Waals surface area contributed by atoms with Crippen LogP contribution in [-0.4, -0.2) is 17.1 Å². The molecular formula is C30H22Cl3IN2O4S. The molecule has 0 aliphatic carbocycles. The average Bonchev–Trinajstić information content (AvgIpc) is 3.23. The van der Waals surface area contributed by atoms with E-state index in [1.807, 2.05) is 18.2 Å². The van der Waals surface area contributed by atoms with E-state index in [1.54, 1.807) is 62.4 Å². The number of fused-ring (bicyclic) bond motifs is 1. The van der Waals surface area contributed by atoms with Crippen LogP contribution < -0.4 is 19.6 Å². The van der Waals surface area contributed by atoms with E-state index >= 15 is 0 Å². The van der Waals surface area contributed by atoms with Crippen molar-refractivity contribution in [2.24, 2.45) is 4.99 Å². The third-order valence-corrected chi connectivity index (χ3v) is 8.94. The van der Waals surface area contributed by atoms with Gasteiger partial charge in [-0.05, 0) is 84.0 Å². The van der Waals surface area contributed by atoms with Gasteiger partial charge in [-0.25, -0.2) is 9.79 Å². The SMILES string of the molecule is CCOC(=O)C1=C(C)N=c2s/c(=C\c3cc(Cl)cc(I)c3OCc3ccc(Cl)cc3)c(=O)n2[C@@H]1c1ccccc1Cl. The highest BCUT2D eigenvalue weighted by atomic mass is 127. The van der Waals surface area contributed by atoms with E-state index in [0.717, 1.165) is 9.13 Å². The quantitative estimate of drug-likeness (QED) is 0.152. The van der Waals surface area contributed by atoms with E-state index < -0.39 is 12.0 Å². The van der Waals surface area contributed by atoms with Crippen LogP contribution in [0.15, 0.2) is 81.7 Å². The van der Waals surface area contributed by atoms with Crippen molar-refractivity contribution in [3.8, 4) is 5.75 Å². The highest BCUT2D eigenvalue weighted by Gasteiger charge is 2.34. The number of hydrogen-bond acceptors (Lipinski definition) is 6. The number of esters is 1. The largest absolute Gasteiger partial charge is 0.487 e. The molecule has 0 amide bonds. The van der Waals surface area contributed by atoms with Gasteiger partial charge in [-0.3, -0.25) is 9.36 Å². The Morgan fingerprint density at radius 3 is 2.54 bits per heavy atom. The number of carbonyl (C=O) groups excluding carboxylic acids is 1. The molecule has 1 aliphatic heterocycles. The number of ether oxygens (including phenoxy) is 2. The number of nitrogens with zero attached hydrogens (tertiary/aromatic N) is 2. The monoisotopic (exact) mass is 738 g/mol. The van der Waals surface area contributed by atoms with Crippen LogP contribution in [0.4, 0.5) is 0 Å². The fraction of sp³-hybridized carbons (Fsp3) is 0.167. The molecule has 1 aromatic heterocycles. The first-order chi connectivity index (χ1) is 19.7. The maximum Gasteiger partial charge on any atom is 0.338 e. The van der Waals surface area contributed by atoms with E-state index in [1.165, 1.54) is 15.9 Å². The molecule has 4 aromatic rings. The Kier molecular flexibility index (Phi) is 9.25. The molecule has 5 rings (SSSR count). The van der Waals surface area contributed by atoms with Gasteiger partial charge in [0.25, 0.3) is 5.56 Å². The highest BCUT2D eigenvalue weighted by Crippen LogP contribution is 2.35. The van der Waals surface area contributed by atoms with E-state index in [-0.39, 0.29) is 17.7 Å². The van der Waals surface area contributed by atoms with Crippen LogP contribution in [0.5, 0.6) is 5.75 Å². The standard InChI is InChI=1S/C30H22Cl3IN2O4S/c1-3-39-29(38)25-16(2)35-30-36(26(25)21-6-4-5-7-22(21)33)28(37)24(41-30)13-18-12-20(32)14-23(34)27(18)40-15-17-8-10-19(31)11-9-17/h4-14,26H,3,15H2,1-2H3/b24-13-/t26-/m1/s1. The lowest BCUT2D eigenvalue weighted by molar-refractivity contribution is -0.139. The summed E-state index contributed by atoms with van der Waals surface area (Å²) in [6.07, 6.45) is 1.74. The number of benzene rings is 3. The molecule has 1 aliphatic rings. The van der Waals surface area contributed by atoms with Crippen molar-refractivity contribution in [1.82, 2.24) is 4.57 Å². The van der Waals surface area contributed by atoms with Gasteiger partial charge in [-0.1, -0.05) is 76.5 Å². The number of thiazole rings is 1. The van der Waals surface area contributed by atoms with Gasteiger partial charge in [0, 0.05) is 20.6 Å². The van der Waals surface area contributed by atoms with E-state index in [0.29, 0.717) is 53.6 Å². The summed E-state index contributed by atoms with van der Waals surface area (Å²) in [5.41, 5.74) is 2.58. The van der Waals surface area contributed by atoms with Crippen LogP contribution in [0.2, 0.25) is 15.1 Å². The van der Waals surface area contributed by atoms with Gasteiger partial charge in [0.2, 0.25) is 0 Å². The predicted molar refractivity (Wildman–Crippen MR) is 172 cm³/mol. The topological polar surface area (TPSA) is 69.9 Å². The van der Waals surface area contributed by atoms with E-state index in [4.69, 9.17) is 44.3 Å². The maximum atomic E-state index is 14.0. The van der Waals surface area contributed by atoms with Gasteiger partial charge >= 0.3 is 5.97 Å². The number of hydrogen-bond donors (Lipinski definition) is 0. The number of halogens is 4. The zero-order chi connectivity index (χ0) is 29.3. The van der Waals surface area contributed by atoms with Crippen LogP contribution in [0.1, 0.15) is 36.6 Å². The molecule has 0 unspecified atom stereocenters. The number of allylic oxidation sites excluding steroid dienone is 1. The first-order valence-electron chi connectivity index (χ1n) is 12.5. The summed E-state index contributed by atoms with van der Waals surface area (Å²) in [5, 5.41) is 1.56. The summed E-state index contributed by atoms with van der Waals surface area (Å²) in [4.78, 5) is 32.2. The smallest absolute Gasteiger partial charge is 0.338 e. The molecule has 0 spiro atoms. The second-order valence-corrected chi connectivity index (χ2v) is 12.5. The van der Waals surface area contributed by atoms with Crippen molar-refractivity contribution in [2.45, 2.75) is 26.5 Å². The molecule has 3 aromatic carbocycles. The Labute approximate surface area is 268 Å². The lowest BCUT2D eigenvalue weighted by Gasteiger charge is -2.25. The Balaban J connectivity index is 1.65. The number of rotatable bonds is 7. The Morgan fingerprint density at radius 1 is 1.10 bits per heavy atom. The third kappa shape index (κ3) is 6.27. The fourth-order valence-electron chi connectivity index (χ4n) is 4.50.